The maximum atomic E-state index is 12.6. The second kappa shape index (κ2) is 15.7. The maximum Gasteiger partial charge on any atom is 0.305 e. The first-order valence-electron chi connectivity index (χ1n) is 13.8. The number of halogens is 3. The molecule has 224 valence electrons. The molecule has 2 fully saturated rings. The Hall–Kier alpha value is -3.67. The Morgan fingerprint density at radius 3 is 1.84 bits per heavy atom. The van der Waals surface area contributed by atoms with E-state index in [0.29, 0.717) is 16.1 Å². The first-order chi connectivity index (χ1) is 20.7. The van der Waals surface area contributed by atoms with E-state index in [1.165, 1.54) is 30.2 Å². The van der Waals surface area contributed by atoms with E-state index in [9.17, 15) is 24.6 Å². The van der Waals surface area contributed by atoms with Gasteiger partial charge in [0.15, 0.2) is 0 Å². The summed E-state index contributed by atoms with van der Waals surface area (Å²) in [4.78, 5) is 22.4. The molecule has 2 atom stereocenters. The molecule has 0 aliphatic carbocycles. The summed E-state index contributed by atoms with van der Waals surface area (Å²) >= 11 is 6.29. The Kier molecular flexibility index (Phi) is 11.8. The minimum Gasteiger partial charge on any atom is -0.365 e. The van der Waals surface area contributed by atoms with Gasteiger partial charge in [-0.1, -0.05) is 92.5 Å². The van der Waals surface area contributed by atoms with Gasteiger partial charge in [0.05, 0.1) is 9.85 Å². The highest BCUT2D eigenvalue weighted by atomic mass is 79.9. The van der Waals surface area contributed by atoms with Crippen molar-refractivity contribution in [2.75, 3.05) is 31.1 Å². The van der Waals surface area contributed by atoms with E-state index in [1.54, 1.807) is 6.07 Å². The summed E-state index contributed by atoms with van der Waals surface area (Å²) < 4.78 is 13.8. The molecule has 0 spiro atoms. The molecule has 2 unspecified atom stereocenters. The molecule has 0 bridgehead atoms. The number of nitro groups is 2. The highest BCUT2D eigenvalue weighted by Gasteiger charge is 2.28. The average Bonchev–Trinajstić information content (AvgIpc) is 3.73. The lowest BCUT2D eigenvalue weighted by atomic mass is 9.99. The third-order valence-electron chi connectivity index (χ3n) is 7.37. The van der Waals surface area contributed by atoms with Crippen LogP contribution in [0.15, 0.2) is 106 Å². The predicted octanol–water partition coefficient (Wildman–Crippen LogP) is 8.61. The van der Waals surface area contributed by atoms with Crippen LogP contribution < -0.4 is 10.2 Å². The van der Waals surface area contributed by atoms with Crippen molar-refractivity contribution in [2.24, 2.45) is 0 Å². The van der Waals surface area contributed by atoms with Crippen molar-refractivity contribution in [1.29, 1.82) is 0 Å². The molecule has 4 aromatic carbocycles. The van der Waals surface area contributed by atoms with Gasteiger partial charge >= 0.3 is 5.69 Å². The Morgan fingerprint density at radius 2 is 1.30 bits per heavy atom. The van der Waals surface area contributed by atoms with Gasteiger partial charge in [0.1, 0.15) is 5.69 Å². The number of nitrogens with one attached hydrogen (secondary N) is 1. The number of hydrogen-bond acceptors (Lipinski definition) is 6. The van der Waals surface area contributed by atoms with Crippen LogP contribution in [0.25, 0.3) is 0 Å². The van der Waals surface area contributed by atoms with Gasteiger partial charge in [-0.05, 0) is 60.7 Å². The molecular formula is C32H31Br2FN4O4. The normalized spacial score (nSPS) is 17.3. The largest absolute Gasteiger partial charge is 0.365 e. The number of benzene rings is 4. The molecule has 1 N–H and O–H groups in total. The molecular weight excluding hydrogens is 683 g/mol. The predicted molar refractivity (Wildman–Crippen MR) is 174 cm³/mol. The summed E-state index contributed by atoms with van der Waals surface area (Å²) in [5.41, 5.74) is 3.15. The van der Waals surface area contributed by atoms with Crippen LogP contribution in [-0.2, 0) is 0 Å². The van der Waals surface area contributed by atoms with Gasteiger partial charge in [0.2, 0.25) is 5.82 Å². The third kappa shape index (κ3) is 9.16. The lowest BCUT2D eigenvalue weighted by Crippen LogP contribution is -2.20. The molecule has 2 aliphatic heterocycles. The lowest BCUT2D eigenvalue weighted by molar-refractivity contribution is -0.387. The Balaban J connectivity index is 0.000000162. The molecule has 43 heavy (non-hydrogen) atoms. The van der Waals surface area contributed by atoms with Crippen LogP contribution in [0.4, 0.5) is 21.5 Å². The molecule has 2 heterocycles. The first kappa shape index (κ1) is 32.2. The fourth-order valence-corrected chi connectivity index (χ4v) is 5.87. The van der Waals surface area contributed by atoms with Crippen LogP contribution in [0.1, 0.15) is 35.8 Å². The van der Waals surface area contributed by atoms with Crippen molar-refractivity contribution in [3.63, 3.8) is 0 Å². The zero-order valence-corrected chi connectivity index (χ0v) is 26.4. The summed E-state index contributed by atoms with van der Waals surface area (Å²) in [7, 11) is 0. The summed E-state index contributed by atoms with van der Waals surface area (Å²) in [5, 5.41) is 24.7. The van der Waals surface area contributed by atoms with Gasteiger partial charge in [0.25, 0.3) is 5.69 Å². The Bertz CT molecular complexity index is 1520. The fourth-order valence-electron chi connectivity index (χ4n) is 5.18. The molecule has 6 rings (SSSR count). The van der Waals surface area contributed by atoms with E-state index in [1.807, 2.05) is 30.3 Å². The minimum atomic E-state index is -0.821. The number of nitro benzene ring substituents is 2. The molecule has 0 aromatic heterocycles. The summed E-state index contributed by atoms with van der Waals surface area (Å²) in [6.07, 6.45) is 2.32. The minimum absolute atomic E-state index is 0.165. The second-order valence-corrected chi connectivity index (χ2v) is 12.0. The van der Waals surface area contributed by atoms with Crippen molar-refractivity contribution in [2.45, 2.75) is 24.7 Å². The van der Waals surface area contributed by atoms with Crippen LogP contribution in [0.3, 0.4) is 0 Å². The molecule has 8 nitrogen and oxygen atoms in total. The summed E-state index contributed by atoms with van der Waals surface area (Å²) in [6.45, 7) is 4.01. The molecule has 2 saturated heterocycles. The zero-order chi connectivity index (χ0) is 30.8. The van der Waals surface area contributed by atoms with E-state index in [0.717, 1.165) is 48.6 Å². The quantitative estimate of drug-likeness (QED) is 0.164. The Labute approximate surface area is 266 Å². The van der Waals surface area contributed by atoms with Crippen LogP contribution in [-0.4, -0.2) is 36.0 Å². The van der Waals surface area contributed by atoms with E-state index < -0.39 is 16.4 Å². The van der Waals surface area contributed by atoms with Crippen LogP contribution >= 0.6 is 31.9 Å². The molecule has 4 aromatic rings. The van der Waals surface area contributed by atoms with Crippen LogP contribution in [0.5, 0.6) is 0 Å². The SMILES string of the molecule is O=[N+]([O-])c1cc(Br)ccc1F.O=[N+]([O-])c1cc(Br)ccc1N1CCC(c2ccccc2)C1.c1ccc(C2CCNC2)cc1. The fraction of sp³-hybridized carbons (Fsp3) is 0.250. The van der Waals surface area contributed by atoms with Gasteiger partial charge in [-0.2, -0.15) is 4.39 Å². The summed E-state index contributed by atoms with van der Waals surface area (Å²) in [6, 6.07) is 29.9. The van der Waals surface area contributed by atoms with Crippen LogP contribution in [0.2, 0.25) is 0 Å². The van der Waals surface area contributed by atoms with E-state index in [2.05, 4.69) is 84.5 Å². The van der Waals surface area contributed by atoms with Gasteiger partial charge in [-0.15, -0.1) is 0 Å². The van der Waals surface area contributed by atoms with E-state index in [-0.39, 0.29) is 10.6 Å². The molecule has 2 aliphatic rings. The smallest absolute Gasteiger partial charge is 0.305 e. The molecule has 0 saturated carbocycles. The number of anilines is 1. The second-order valence-electron chi connectivity index (χ2n) is 10.2. The van der Waals surface area contributed by atoms with Crippen molar-refractivity contribution >= 4 is 48.9 Å². The monoisotopic (exact) mass is 712 g/mol. The summed E-state index contributed by atoms with van der Waals surface area (Å²) in [5.74, 6) is 0.379. The molecule has 0 amide bonds. The van der Waals surface area contributed by atoms with Gasteiger partial charge in [0, 0.05) is 46.6 Å². The van der Waals surface area contributed by atoms with Crippen molar-refractivity contribution in [3.8, 4) is 0 Å². The highest BCUT2D eigenvalue weighted by molar-refractivity contribution is 9.10. The van der Waals surface area contributed by atoms with E-state index in [4.69, 9.17) is 0 Å². The zero-order valence-electron chi connectivity index (χ0n) is 23.2. The van der Waals surface area contributed by atoms with Gasteiger partial charge in [-0.25, -0.2) is 0 Å². The van der Waals surface area contributed by atoms with Crippen molar-refractivity contribution < 1.29 is 14.2 Å². The number of hydrogen-bond donors (Lipinski definition) is 1. The average molecular weight is 714 g/mol. The highest BCUT2D eigenvalue weighted by Crippen LogP contribution is 2.37. The van der Waals surface area contributed by atoms with E-state index >= 15 is 0 Å². The van der Waals surface area contributed by atoms with Crippen molar-refractivity contribution in [3.05, 3.63) is 143 Å². The van der Waals surface area contributed by atoms with Gasteiger partial charge in [-0.3, -0.25) is 20.2 Å². The molecule has 11 heteroatoms. The number of rotatable bonds is 5. The molecule has 0 radical (unpaired) electrons. The maximum absolute atomic E-state index is 12.6. The van der Waals surface area contributed by atoms with Crippen molar-refractivity contribution in [1.82, 2.24) is 5.32 Å². The third-order valence-corrected chi connectivity index (χ3v) is 8.36. The Morgan fingerprint density at radius 1 is 0.744 bits per heavy atom. The number of nitrogens with zero attached hydrogens (tertiary/aromatic N) is 3. The topological polar surface area (TPSA) is 102 Å². The van der Waals surface area contributed by atoms with Gasteiger partial charge < -0.3 is 10.2 Å². The standard InChI is InChI=1S/C16H15BrN2O2.C10H13N.C6H3BrFNO2/c17-14-6-7-15(16(10-14)19(20)21)18-9-8-13(11-18)12-4-2-1-3-5-12;1-2-4-9(5-3-1)10-6-7-11-8-10;7-4-1-2-5(8)6(3-4)9(10)11/h1-7,10,13H,8-9,11H2;1-5,10-11H,6-8H2;1-3H. The lowest BCUT2D eigenvalue weighted by Gasteiger charge is -2.19. The van der Waals surface area contributed by atoms with Crippen LogP contribution in [0, 0.1) is 26.0 Å². The first-order valence-corrected chi connectivity index (χ1v) is 15.4.